The Kier molecular flexibility index (Phi) is 4.43. The van der Waals surface area contributed by atoms with Gasteiger partial charge in [-0.3, -0.25) is 4.79 Å². The molecule has 2 heterocycles. The molecule has 124 valence electrons. The van der Waals surface area contributed by atoms with E-state index in [1.54, 1.807) is 0 Å². The summed E-state index contributed by atoms with van der Waals surface area (Å²) >= 11 is 1.47. The summed E-state index contributed by atoms with van der Waals surface area (Å²) in [4.78, 5) is 18.6. The number of nitrogens with two attached hydrogens (primary N) is 1. The number of carbonyl (C=O) groups is 1. The summed E-state index contributed by atoms with van der Waals surface area (Å²) in [6.45, 7) is 7.92. The molecule has 0 aliphatic heterocycles. The molecule has 2 aromatic heterocycles. The number of aryl methyl sites for hydroxylation is 1. The van der Waals surface area contributed by atoms with E-state index in [-0.39, 0.29) is 5.91 Å². The second-order valence-electron chi connectivity index (χ2n) is 7.45. The first kappa shape index (κ1) is 16.4. The SMILES string of the molecule is CC(C)(C)C1CCc2nc3sc(C(=O)NCCN)cc3cc2C1. The highest BCUT2D eigenvalue weighted by Crippen LogP contribution is 2.38. The van der Waals surface area contributed by atoms with E-state index in [0.717, 1.165) is 27.9 Å². The molecule has 0 saturated heterocycles. The Hall–Kier alpha value is -1.46. The third-order valence-corrected chi connectivity index (χ3v) is 5.79. The topological polar surface area (TPSA) is 68.0 Å². The van der Waals surface area contributed by atoms with Gasteiger partial charge in [-0.15, -0.1) is 11.3 Å². The second kappa shape index (κ2) is 6.21. The Labute approximate surface area is 141 Å². The van der Waals surface area contributed by atoms with Crippen LogP contribution in [0.1, 0.15) is 48.1 Å². The minimum Gasteiger partial charge on any atom is -0.350 e. The van der Waals surface area contributed by atoms with Crippen LogP contribution in [0.15, 0.2) is 12.1 Å². The minimum absolute atomic E-state index is 0.0519. The molecule has 1 unspecified atom stereocenters. The lowest BCUT2D eigenvalue weighted by Crippen LogP contribution is -2.28. The molecule has 1 atom stereocenters. The highest BCUT2D eigenvalue weighted by atomic mass is 32.1. The maximum atomic E-state index is 12.1. The molecule has 23 heavy (non-hydrogen) atoms. The third-order valence-electron chi connectivity index (χ3n) is 4.75. The van der Waals surface area contributed by atoms with Gasteiger partial charge in [-0.05, 0) is 48.3 Å². The minimum atomic E-state index is -0.0519. The number of thiophene rings is 1. The molecule has 0 saturated carbocycles. The normalized spacial score (nSPS) is 18.0. The van der Waals surface area contributed by atoms with Crippen molar-refractivity contribution in [2.24, 2.45) is 17.1 Å². The molecule has 3 N–H and O–H groups in total. The van der Waals surface area contributed by atoms with Gasteiger partial charge in [0.1, 0.15) is 4.83 Å². The van der Waals surface area contributed by atoms with E-state index in [0.29, 0.717) is 24.4 Å². The average Bonchev–Trinajstić information content (AvgIpc) is 2.91. The van der Waals surface area contributed by atoms with Crippen LogP contribution >= 0.6 is 11.3 Å². The van der Waals surface area contributed by atoms with E-state index in [1.165, 1.54) is 29.0 Å². The zero-order valence-corrected chi connectivity index (χ0v) is 14.9. The number of amides is 1. The lowest BCUT2D eigenvalue weighted by molar-refractivity contribution is 0.0959. The number of rotatable bonds is 3. The van der Waals surface area contributed by atoms with Crippen molar-refractivity contribution in [3.05, 3.63) is 28.3 Å². The van der Waals surface area contributed by atoms with E-state index < -0.39 is 0 Å². The van der Waals surface area contributed by atoms with Crippen molar-refractivity contribution in [2.45, 2.75) is 40.0 Å². The molecule has 0 radical (unpaired) electrons. The molecule has 0 spiro atoms. The zero-order chi connectivity index (χ0) is 16.6. The fourth-order valence-corrected chi connectivity index (χ4v) is 4.20. The first-order valence-corrected chi connectivity index (χ1v) is 9.10. The molecule has 5 heteroatoms. The van der Waals surface area contributed by atoms with E-state index in [9.17, 15) is 4.79 Å². The third kappa shape index (κ3) is 3.40. The van der Waals surface area contributed by atoms with Crippen LogP contribution in [0, 0.1) is 11.3 Å². The molecule has 0 aromatic carbocycles. The molecular weight excluding hydrogens is 306 g/mol. The molecule has 1 aliphatic rings. The Morgan fingerprint density at radius 2 is 2.22 bits per heavy atom. The maximum Gasteiger partial charge on any atom is 0.261 e. The van der Waals surface area contributed by atoms with Gasteiger partial charge in [-0.25, -0.2) is 4.98 Å². The van der Waals surface area contributed by atoms with Gasteiger partial charge in [0.2, 0.25) is 0 Å². The number of hydrogen-bond acceptors (Lipinski definition) is 4. The summed E-state index contributed by atoms with van der Waals surface area (Å²) in [5.74, 6) is 0.643. The Balaban J connectivity index is 1.89. The van der Waals surface area contributed by atoms with Crippen molar-refractivity contribution in [3.8, 4) is 0 Å². The summed E-state index contributed by atoms with van der Waals surface area (Å²) in [7, 11) is 0. The van der Waals surface area contributed by atoms with Crippen LogP contribution in [0.2, 0.25) is 0 Å². The number of hydrogen-bond donors (Lipinski definition) is 2. The predicted octanol–water partition coefficient (Wildman–Crippen LogP) is 3.14. The molecular formula is C18H25N3OS. The van der Waals surface area contributed by atoms with Crippen molar-refractivity contribution in [2.75, 3.05) is 13.1 Å². The van der Waals surface area contributed by atoms with Gasteiger partial charge in [-0.1, -0.05) is 20.8 Å². The molecule has 1 amide bonds. The van der Waals surface area contributed by atoms with Gasteiger partial charge in [-0.2, -0.15) is 0 Å². The summed E-state index contributed by atoms with van der Waals surface area (Å²) < 4.78 is 0. The fraction of sp³-hybridized carbons (Fsp3) is 0.556. The molecule has 3 rings (SSSR count). The summed E-state index contributed by atoms with van der Waals surface area (Å²) in [6, 6.07) is 4.20. The Morgan fingerprint density at radius 3 is 2.91 bits per heavy atom. The first-order valence-electron chi connectivity index (χ1n) is 8.29. The molecule has 1 aliphatic carbocycles. The fourth-order valence-electron chi connectivity index (χ4n) is 3.25. The van der Waals surface area contributed by atoms with Gasteiger partial charge < -0.3 is 11.1 Å². The molecule has 0 fully saturated rings. The van der Waals surface area contributed by atoms with Crippen molar-refractivity contribution in [1.29, 1.82) is 0 Å². The quantitative estimate of drug-likeness (QED) is 0.908. The lowest BCUT2D eigenvalue weighted by Gasteiger charge is -2.34. The number of nitrogens with zero attached hydrogens (tertiary/aromatic N) is 1. The number of carbonyl (C=O) groups excluding carboxylic acids is 1. The number of pyridine rings is 1. The van der Waals surface area contributed by atoms with E-state index in [1.807, 2.05) is 6.07 Å². The van der Waals surface area contributed by atoms with Gasteiger partial charge in [0.05, 0.1) is 4.88 Å². The van der Waals surface area contributed by atoms with Crippen molar-refractivity contribution < 1.29 is 4.79 Å². The summed E-state index contributed by atoms with van der Waals surface area (Å²) in [5.41, 5.74) is 8.34. The van der Waals surface area contributed by atoms with Crippen LogP contribution in [-0.2, 0) is 12.8 Å². The number of aromatic nitrogens is 1. The average molecular weight is 331 g/mol. The summed E-state index contributed by atoms with van der Waals surface area (Å²) in [5, 5.41) is 3.91. The smallest absolute Gasteiger partial charge is 0.261 e. The molecule has 0 bridgehead atoms. The predicted molar refractivity (Wildman–Crippen MR) is 96.0 cm³/mol. The highest BCUT2D eigenvalue weighted by Gasteiger charge is 2.29. The highest BCUT2D eigenvalue weighted by molar-refractivity contribution is 7.20. The van der Waals surface area contributed by atoms with Gasteiger partial charge in [0.25, 0.3) is 5.91 Å². The van der Waals surface area contributed by atoms with Crippen LogP contribution in [0.25, 0.3) is 10.2 Å². The van der Waals surface area contributed by atoms with Crippen LogP contribution < -0.4 is 11.1 Å². The van der Waals surface area contributed by atoms with Crippen LogP contribution in [-0.4, -0.2) is 24.0 Å². The largest absolute Gasteiger partial charge is 0.350 e. The summed E-state index contributed by atoms with van der Waals surface area (Å²) in [6.07, 6.45) is 3.33. The van der Waals surface area contributed by atoms with E-state index >= 15 is 0 Å². The van der Waals surface area contributed by atoms with Crippen molar-refractivity contribution in [3.63, 3.8) is 0 Å². The van der Waals surface area contributed by atoms with Crippen LogP contribution in [0.4, 0.5) is 0 Å². The van der Waals surface area contributed by atoms with E-state index in [4.69, 9.17) is 10.7 Å². The number of fused-ring (bicyclic) bond motifs is 2. The monoisotopic (exact) mass is 331 g/mol. The van der Waals surface area contributed by atoms with Gasteiger partial charge in [0.15, 0.2) is 0 Å². The van der Waals surface area contributed by atoms with Crippen LogP contribution in [0.3, 0.4) is 0 Å². The molecule has 2 aromatic rings. The number of nitrogens with one attached hydrogen (secondary N) is 1. The van der Waals surface area contributed by atoms with Crippen molar-refractivity contribution in [1.82, 2.24) is 10.3 Å². The molecule has 4 nitrogen and oxygen atoms in total. The standard InChI is InChI=1S/C18H25N3OS/c1-18(2,3)13-4-5-14-11(9-13)8-12-10-15(23-17(12)21-14)16(22)20-7-6-19/h8,10,13H,4-7,9,19H2,1-3H3,(H,20,22). The van der Waals surface area contributed by atoms with Crippen molar-refractivity contribution >= 4 is 27.5 Å². The Morgan fingerprint density at radius 1 is 1.43 bits per heavy atom. The maximum absolute atomic E-state index is 12.1. The Bertz CT molecular complexity index is 730. The van der Waals surface area contributed by atoms with Gasteiger partial charge >= 0.3 is 0 Å². The van der Waals surface area contributed by atoms with E-state index in [2.05, 4.69) is 32.2 Å². The van der Waals surface area contributed by atoms with Gasteiger partial charge in [0, 0.05) is 24.2 Å². The van der Waals surface area contributed by atoms with Crippen LogP contribution in [0.5, 0.6) is 0 Å². The second-order valence-corrected chi connectivity index (χ2v) is 8.48. The first-order chi connectivity index (χ1) is 10.9. The lowest BCUT2D eigenvalue weighted by atomic mass is 9.71. The zero-order valence-electron chi connectivity index (χ0n) is 14.1.